The molecule has 0 radical (unpaired) electrons. The second-order valence-corrected chi connectivity index (χ2v) is 4.50. The SMILES string of the molecule is CC1CNCCN1C(=O)c1c(F)c(F)c(F)c(F)c1F. The van der Waals surface area contributed by atoms with E-state index in [1.54, 1.807) is 6.92 Å². The molecule has 0 aromatic heterocycles. The zero-order chi connectivity index (χ0) is 15.0. The van der Waals surface area contributed by atoms with Gasteiger partial charge >= 0.3 is 0 Å². The fraction of sp³-hybridized carbons (Fsp3) is 0.417. The molecule has 0 aliphatic carbocycles. The lowest BCUT2D eigenvalue weighted by molar-refractivity contribution is 0.0642. The molecule has 8 heteroatoms. The molecule has 3 nitrogen and oxygen atoms in total. The number of hydrogen-bond acceptors (Lipinski definition) is 2. The maximum Gasteiger partial charge on any atom is 0.260 e. The number of amides is 1. The summed E-state index contributed by atoms with van der Waals surface area (Å²) >= 11 is 0. The summed E-state index contributed by atoms with van der Waals surface area (Å²) in [6, 6.07) is -0.411. The van der Waals surface area contributed by atoms with E-state index in [9.17, 15) is 26.7 Å². The Morgan fingerprint density at radius 1 is 1.05 bits per heavy atom. The minimum atomic E-state index is -2.27. The van der Waals surface area contributed by atoms with Crippen molar-refractivity contribution in [1.29, 1.82) is 0 Å². The zero-order valence-corrected chi connectivity index (χ0v) is 10.4. The first-order valence-electron chi connectivity index (χ1n) is 5.89. The van der Waals surface area contributed by atoms with Crippen molar-refractivity contribution in [2.24, 2.45) is 0 Å². The van der Waals surface area contributed by atoms with Crippen LogP contribution in [0.25, 0.3) is 0 Å². The van der Waals surface area contributed by atoms with E-state index in [0.717, 1.165) is 4.90 Å². The van der Waals surface area contributed by atoms with Gasteiger partial charge in [-0.25, -0.2) is 22.0 Å². The van der Waals surface area contributed by atoms with Gasteiger partial charge < -0.3 is 10.2 Å². The number of piperazine rings is 1. The van der Waals surface area contributed by atoms with Gasteiger partial charge in [0.1, 0.15) is 5.56 Å². The van der Waals surface area contributed by atoms with Gasteiger partial charge in [-0.1, -0.05) is 0 Å². The molecule has 0 spiro atoms. The fourth-order valence-electron chi connectivity index (χ4n) is 2.08. The van der Waals surface area contributed by atoms with Crippen LogP contribution in [0, 0.1) is 29.1 Å². The van der Waals surface area contributed by atoms with Crippen molar-refractivity contribution in [2.75, 3.05) is 19.6 Å². The third-order valence-corrected chi connectivity index (χ3v) is 3.19. The molecular weight excluding hydrogens is 283 g/mol. The third kappa shape index (κ3) is 2.24. The lowest BCUT2D eigenvalue weighted by Crippen LogP contribution is -2.52. The Morgan fingerprint density at radius 2 is 1.55 bits per heavy atom. The third-order valence-electron chi connectivity index (χ3n) is 3.19. The first kappa shape index (κ1) is 14.7. The molecule has 1 N–H and O–H groups in total. The number of benzene rings is 1. The topological polar surface area (TPSA) is 32.3 Å². The second-order valence-electron chi connectivity index (χ2n) is 4.50. The maximum absolute atomic E-state index is 13.6. The quantitative estimate of drug-likeness (QED) is 0.487. The first-order valence-corrected chi connectivity index (χ1v) is 5.89. The van der Waals surface area contributed by atoms with Crippen LogP contribution in [0.15, 0.2) is 0 Å². The highest BCUT2D eigenvalue weighted by atomic mass is 19.2. The molecule has 1 fully saturated rings. The van der Waals surface area contributed by atoms with E-state index in [0.29, 0.717) is 13.1 Å². The van der Waals surface area contributed by atoms with E-state index in [2.05, 4.69) is 5.32 Å². The summed E-state index contributed by atoms with van der Waals surface area (Å²) < 4.78 is 66.2. The van der Waals surface area contributed by atoms with Gasteiger partial charge in [-0.2, -0.15) is 0 Å². The van der Waals surface area contributed by atoms with Crippen LogP contribution in [0.3, 0.4) is 0 Å². The number of rotatable bonds is 1. The molecule has 20 heavy (non-hydrogen) atoms. The number of halogens is 5. The predicted molar refractivity (Wildman–Crippen MR) is 59.6 cm³/mol. The molecule has 1 heterocycles. The van der Waals surface area contributed by atoms with E-state index in [4.69, 9.17) is 0 Å². The molecule has 1 unspecified atom stereocenters. The molecule has 0 bridgehead atoms. The summed E-state index contributed by atoms with van der Waals surface area (Å²) in [5.41, 5.74) is -1.41. The Kier molecular flexibility index (Phi) is 3.94. The van der Waals surface area contributed by atoms with Crippen LogP contribution in [0.4, 0.5) is 22.0 Å². The summed E-state index contributed by atoms with van der Waals surface area (Å²) in [4.78, 5) is 13.1. The summed E-state index contributed by atoms with van der Waals surface area (Å²) in [6.45, 7) is 2.49. The number of carbonyl (C=O) groups is 1. The van der Waals surface area contributed by atoms with Gasteiger partial charge in [0.15, 0.2) is 23.3 Å². The second kappa shape index (κ2) is 5.35. The van der Waals surface area contributed by atoms with Gasteiger partial charge in [-0.3, -0.25) is 4.79 Å². The molecule has 1 atom stereocenters. The van der Waals surface area contributed by atoms with Crippen molar-refractivity contribution in [2.45, 2.75) is 13.0 Å². The normalized spacial score (nSPS) is 19.3. The Labute approximate surface area is 111 Å². The Hall–Kier alpha value is -1.70. The summed E-state index contributed by atoms with van der Waals surface area (Å²) in [5, 5.41) is 2.94. The van der Waals surface area contributed by atoms with Crippen molar-refractivity contribution < 1.29 is 26.7 Å². The van der Waals surface area contributed by atoms with Crippen LogP contribution < -0.4 is 5.32 Å². The highest BCUT2D eigenvalue weighted by Gasteiger charge is 2.34. The van der Waals surface area contributed by atoms with Crippen molar-refractivity contribution in [1.82, 2.24) is 10.2 Å². The molecule has 1 aromatic carbocycles. The van der Waals surface area contributed by atoms with E-state index in [-0.39, 0.29) is 6.54 Å². The number of nitrogens with one attached hydrogen (secondary N) is 1. The minimum absolute atomic E-state index is 0.124. The molecule has 1 aliphatic rings. The van der Waals surface area contributed by atoms with Crippen LogP contribution in [-0.4, -0.2) is 36.5 Å². The first-order chi connectivity index (χ1) is 9.36. The van der Waals surface area contributed by atoms with Gasteiger partial charge in [0, 0.05) is 25.7 Å². The smallest absolute Gasteiger partial charge is 0.260 e. The molecule has 2 rings (SSSR count). The van der Waals surface area contributed by atoms with Crippen molar-refractivity contribution in [3.8, 4) is 0 Å². The zero-order valence-electron chi connectivity index (χ0n) is 10.4. The Morgan fingerprint density at radius 3 is 2.05 bits per heavy atom. The van der Waals surface area contributed by atoms with Crippen molar-refractivity contribution in [3.63, 3.8) is 0 Å². The van der Waals surface area contributed by atoms with E-state index in [1.165, 1.54) is 0 Å². The molecule has 1 amide bonds. The fourth-order valence-corrected chi connectivity index (χ4v) is 2.08. The van der Waals surface area contributed by atoms with Crippen LogP contribution in [0.2, 0.25) is 0 Å². The Bertz CT molecular complexity index is 534. The van der Waals surface area contributed by atoms with Gasteiger partial charge in [-0.15, -0.1) is 0 Å². The van der Waals surface area contributed by atoms with Crippen molar-refractivity contribution in [3.05, 3.63) is 34.6 Å². The average molecular weight is 294 g/mol. The summed E-state index contributed by atoms with van der Waals surface area (Å²) in [5.74, 6) is -11.9. The molecule has 1 saturated heterocycles. The molecule has 1 aliphatic heterocycles. The lowest BCUT2D eigenvalue weighted by Gasteiger charge is -2.34. The largest absolute Gasteiger partial charge is 0.333 e. The average Bonchev–Trinajstić information content (AvgIpc) is 2.43. The highest BCUT2D eigenvalue weighted by Crippen LogP contribution is 2.25. The molecule has 1 aromatic rings. The van der Waals surface area contributed by atoms with E-state index < -0.39 is 46.6 Å². The van der Waals surface area contributed by atoms with Crippen LogP contribution in [0.5, 0.6) is 0 Å². The van der Waals surface area contributed by atoms with Crippen LogP contribution in [0.1, 0.15) is 17.3 Å². The maximum atomic E-state index is 13.6. The number of nitrogens with zero attached hydrogens (tertiary/aromatic N) is 1. The standard InChI is InChI=1S/C12H11F5N2O/c1-5-4-18-2-3-19(5)12(20)6-7(13)9(15)11(17)10(16)8(6)14/h5,18H,2-4H2,1H3. The lowest BCUT2D eigenvalue weighted by atomic mass is 10.1. The summed E-state index contributed by atoms with van der Waals surface area (Å²) in [6.07, 6.45) is 0. The molecule has 110 valence electrons. The van der Waals surface area contributed by atoms with E-state index >= 15 is 0 Å². The predicted octanol–water partition coefficient (Wildman–Crippen LogP) is 1.82. The monoisotopic (exact) mass is 294 g/mol. The van der Waals surface area contributed by atoms with E-state index in [1.807, 2.05) is 0 Å². The van der Waals surface area contributed by atoms with Crippen LogP contribution >= 0.6 is 0 Å². The molecule has 0 saturated carbocycles. The highest BCUT2D eigenvalue weighted by molar-refractivity contribution is 5.95. The summed E-state index contributed by atoms with van der Waals surface area (Å²) in [7, 11) is 0. The van der Waals surface area contributed by atoms with Gasteiger partial charge in [0.05, 0.1) is 0 Å². The number of hydrogen-bond donors (Lipinski definition) is 1. The van der Waals surface area contributed by atoms with Gasteiger partial charge in [-0.05, 0) is 6.92 Å². The minimum Gasteiger partial charge on any atom is -0.333 e. The Balaban J connectivity index is 2.49. The van der Waals surface area contributed by atoms with Gasteiger partial charge in [0.25, 0.3) is 5.91 Å². The number of carbonyl (C=O) groups excluding carboxylic acids is 1. The van der Waals surface area contributed by atoms with Crippen LogP contribution in [-0.2, 0) is 0 Å². The van der Waals surface area contributed by atoms with Gasteiger partial charge in [0.2, 0.25) is 5.82 Å². The molecular formula is C12H11F5N2O. The van der Waals surface area contributed by atoms with Crippen molar-refractivity contribution >= 4 is 5.91 Å².